The van der Waals surface area contributed by atoms with Gasteiger partial charge in [-0.05, 0) is 32.3 Å². The van der Waals surface area contributed by atoms with Crippen LogP contribution in [0.4, 0.5) is 4.79 Å². The van der Waals surface area contributed by atoms with Crippen LogP contribution in [0.25, 0.3) is 0 Å². The molecule has 0 saturated heterocycles. The SMILES string of the molecule is CC(C)(C)OC(=O)N1CCc2snc(C(=O)O)c2C1. The van der Waals surface area contributed by atoms with Crippen molar-refractivity contribution in [2.45, 2.75) is 39.3 Å². The Bertz CT molecular complexity index is 518. The molecule has 1 aromatic heterocycles. The van der Waals surface area contributed by atoms with Crippen molar-refractivity contribution in [1.29, 1.82) is 0 Å². The van der Waals surface area contributed by atoms with Crippen molar-refractivity contribution in [3.8, 4) is 0 Å². The molecule has 0 atom stereocenters. The number of aromatic nitrogens is 1. The number of fused-ring (bicyclic) bond motifs is 1. The lowest BCUT2D eigenvalue weighted by Crippen LogP contribution is -2.39. The van der Waals surface area contributed by atoms with Crippen molar-refractivity contribution in [3.05, 3.63) is 16.1 Å². The van der Waals surface area contributed by atoms with Crippen LogP contribution in [0.5, 0.6) is 0 Å². The number of hydrogen-bond acceptors (Lipinski definition) is 5. The van der Waals surface area contributed by atoms with E-state index in [9.17, 15) is 9.59 Å². The average molecular weight is 284 g/mol. The number of carbonyl (C=O) groups is 2. The highest BCUT2D eigenvalue weighted by molar-refractivity contribution is 7.06. The minimum Gasteiger partial charge on any atom is -0.476 e. The molecule has 2 rings (SSSR count). The van der Waals surface area contributed by atoms with Crippen LogP contribution < -0.4 is 0 Å². The summed E-state index contributed by atoms with van der Waals surface area (Å²) in [5.74, 6) is -1.05. The maximum Gasteiger partial charge on any atom is 0.410 e. The van der Waals surface area contributed by atoms with Crippen molar-refractivity contribution in [1.82, 2.24) is 9.27 Å². The Morgan fingerprint density at radius 1 is 1.42 bits per heavy atom. The highest BCUT2D eigenvalue weighted by Gasteiger charge is 2.30. The quantitative estimate of drug-likeness (QED) is 0.854. The molecule has 0 aliphatic carbocycles. The number of rotatable bonds is 1. The van der Waals surface area contributed by atoms with Gasteiger partial charge in [0.25, 0.3) is 0 Å². The van der Waals surface area contributed by atoms with Crippen LogP contribution in [-0.2, 0) is 17.7 Å². The Morgan fingerprint density at radius 2 is 2.11 bits per heavy atom. The number of amides is 1. The Balaban J connectivity index is 2.15. The first-order chi connectivity index (χ1) is 8.78. The summed E-state index contributed by atoms with van der Waals surface area (Å²) in [4.78, 5) is 25.5. The van der Waals surface area contributed by atoms with Gasteiger partial charge in [0.05, 0.1) is 6.54 Å². The van der Waals surface area contributed by atoms with E-state index in [1.165, 1.54) is 16.4 Å². The second-order valence-corrected chi connectivity index (χ2v) is 6.25. The fourth-order valence-electron chi connectivity index (χ4n) is 1.86. The zero-order valence-electron chi connectivity index (χ0n) is 11.1. The van der Waals surface area contributed by atoms with Crippen molar-refractivity contribution in [3.63, 3.8) is 0 Å². The summed E-state index contributed by atoms with van der Waals surface area (Å²) in [6.45, 7) is 6.19. The van der Waals surface area contributed by atoms with Crippen LogP contribution in [0.1, 0.15) is 41.7 Å². The molecule has 0 fully saturated rings. The number of nitrogens with zero attached hydrogens (tertiary/aromatic N) is 2. The van der Waals surface area contributed by atoms with E-state index in [4.69, 9.17) is 9.84 Å². The normalized spacial score (nSPS) is 15.0. The van der Waals surface area contributed by atoms with E-state index in [1.807, 2.05) is 0 Å². The molecule has 1 amide bonds. The highest BCUT2D eigenvalue weighted by atomic mass is 32.1. The predicted octanol–water partition coefficient (Wildman–Crippen LogP) is 2.13. The molecule has 0 radical (unpaired) electrons. The first kappa shape index (κ1) is 13.8. The van der Waals surface area contributed by atoms with E-state index in [0.29, 0.717) is 18.5 Å². The van der Waals surface area contributed by atoms with Gasteiger partial charge in [-0.15, -0.1) is 0 Å². The standard InChI is InChI=1S/C12H16N2O4S/c1-12(2,3)18-11(17)14-5-4-8-7(6-14)9(10(15)16)13-19-8/h4-6H2,1-3H3,(H,15,16). The fourth-order valence-corrected chi connectivity index (χ4v) is 2.70. The lowest BCUT2D eigenvalue weighted by Gasteiger charge is -2.29. The molecule has 2 heterocycles. The Morgan fingerprint density at radius 3 is 2.68 bits per heavy atom. The molecule has 19 heavy (non-hydrogen) atoms. The molecule has 1 aliphatic rings. The number of aromatic carboxylic acids is 1. The van der Waals surface area contributed by atoms with Gasteiger partial charge >= 0.3 is 12.1 Å². The maximum absolute atomic E-state index is 12.0. The summed E-state index contributed by atoms with van der Waals surface area (Å²) in [6.07, 6.45) is 0.208. The van der Waals surface area contributed by atoms with Gasteiger partial charge in [-0.25, -0.2) is 9.59 Å². The first-order valence-electron chi connectivity index (χ1n) is 5.96. The summed E-state index contributed by atoms with van der Waals surface area (Å²) in [5.41, 5.74) is 0.128. The van der Waals surface area contributed by atoms with Gasteiger partial charge < -0.3 is 14.7 Å². The highest BCUT2D eigenvalue weighted by Crippen LogP contribution is 2.27. The summed E-state index contributed by atoms with van der Waals surface area (Å²) in [5, 5.41) is 9.05. The fraction of sp³-hybridized carbons (Fsp3) is 0.583. The Labute approximate surface area is 115 Å². The molecule has 6 nitrogen and oxygen atoms in total. The van der Waals surface area contributed by atoms with Gasteiger partial charge in [0.15, 0.2) is 5.69 Å². The molecule has 1 aromatic rings. The minimum absolute atomic E-state index is 0.0493. The topological polar surface area (TPSA) is 79.7 Å². The summed E-state index contributed by atoms with van der Waals surface area (Å²) in [6, 6.07) is 0. The molecule has 0 unspecified atom stereocenters. The monoisotopic (exact) mass is 284 g/mol. The van der Waals surface area contributed by atoms with E-state index in [2.05, 4.69) is 4.37 Å². The second kappa shape index (κ2) is 4.80. The molecule has 0 aromatic carbocycles. The van der Waals surface area contributed by atoms with Gasteiger partial charge in [-0.3, -0.25) is 0 Å². The Hall–Kier alpha value is -1.63. The van der Waals surface area contributed by atoms with Gasteiger partial charge in [0.1, 0.15) is 5.60 Å². The zero-order valence-corrected chi connectivity index (χ0v) is 11.9. The first-order valence-corrected chi connectivity index (χ1v) is 6.74. The summed E-state index contributed by atoms with van der Waals surface area (Å²) >= 11 is 1.20. The van der Waals surface area contributed by atoms with Crippen molar-refractivity contribution >= 4 is 23.6 Å². The molecule has 7 heteroatoms. The van der Waals surface area contributed by atoms with Gasteiger partial charge in [-0.2, -0.15) is 4.37 Å². The van der Waals surface area contributed by atoms with Crippen LogP contribution in [0.2, 0.25) is 0 Å². The number of carbonyl (C=O) groups excluding carboxylic acids is 1. The molecular formula is C12H16N2O4S. The predicted molar refractivity (Wildman–Crippen MR) is 69.4 cm³/mol. The molecule has 104 valence electrons. The molecular weight excluding hydrogens is 268 g/mol. The lowest BCUT2D eigenvalue weighted by atomic mass is 10.1. The lowest BCUT2D eigenvalue weighted by molar-refractivity contribution is 0.0222. The third kappa shape index (κ3) is 3.04. The second-order valence-electron chi connectivity index (χ2n) is 5.39. The van der Waals surface area contributed by atoms with E-state index in [0.717, 1.165) is 4.88 Å². The van der Waals surface area contributed by atoms with Crippen LogP contribution in [0.15, 0.2) is 0 Å². The van der Waals surface area contributed by atoms with E-state index < -0.39 is 17.7 Å². The van der Waals surface area contributed by atoms with Crippen molar-refractivity contribution in [2.24, 2.45) is 0 Å². The van der Waals surface area contributed by atoms with Gasteiger partial charge in [0.2, 0.25) is 0 Å². The molecule has 0 spiro atoms. The summed E-state index contributed by atoms with van der Waals surface area (Å²) < 4.78 is 9.22. The number of ether oxygens (including phenoxy) is 1. The summed E-state index contributed by atoms with van der Waals surface area (Å²) in [7, 11) is 0. The number of carboxylic acids is 1. The maximum atomic E-state index is 12.0. The average Bonchev–Trinajstić information content (AvgIpc) is 2.68. The van der Waals surface area contributed by atoms with Crippen molar-refractivity contribution < 1.29 is 19.4 Å². The van der Waals surface area contributed by atoms with Crippen molar-refractivity contribution in [2.75, 3.05) is 6.54 Å². The Kier molecular flexibility index (Phi) is 3.49. The minimum atomic E-state index is -1.05. The van der Waals surface area contributed by atoms with Crippen LogP contribution in [-0.4, -0.2) is 38.6 Å². The van der Waals surface area contributed by atoms with E-state index in [-0.39, 0.29) is 12.2 Å². The van der Waals surface area contributed by atoms with Gasteiger partial charge in [-0.1, -0.05) is 0 Å². The molecule has 0 saturated carbocycles. The third-order valence-corrected chi connectivity index (χ3v) is 3.63. The van der Waals surface area contributed by atoms with Crippen LogP contribution in [0, 0.1) is 0 Å². The van der Waals surface area contributed by atoms with Crippen LogP contribution in [0.3, 0.4) is 0 Å². The number of hydrogen-bond donors (Lipinski definition) is 1. The van der Waals surface area contributed by atoms with Crippen LogP contribution >= 0.6 is 11.5 Å². The molecule has 1 aliphatic heterocycles. The molecule has 0 bridgehead atoms. The molecule has 1 N–H and O–H groups in total. The van der Waals surface area contributed by atoms with E-state index >= 15 is 0 Å². The number of carboxylic acid groups (broad SMARTS) is 1. The van der Waals surface area contributed by atoms with Gasteiger partial charge in [0, 0.05) is 23.4 Å². The zero-order chi connectivity index (χ0) is 14.2. The van der Waals surface area contributed by atoms with E-state index in [1.54, 1.807) is 20.8 Å². The largest absolute Gasteiger partial charge is 0.476 e. The smallest absolute Gasteiger partial charge is 0.410 e. The third-order valence-electron chi connectivity index (χ3n) is 2.68.